The summed E-state index contributed by atoms with van der Waals surface area (Å²) < 4.78 is 0. The van der Waals surface area contributed by atoms with Crippen LogP contribution in [0.2, 0.25) is 0 Å². The molecular weight excluding hydrogens is 410 g/mol. The minimum absolute atomic E-state index is 0.217. The van der Waals surface area contributed by atoms with Gasteiger partial charge in [-0.15, -0.1) is 6.58 Å². The molecule has 1 aliphatic rings. The fourth-order valence-electron chi connectivity index (χ4n) is 3.56. The van der Waals surface area contributed by atoms with E-state index in [9.17, 15) is 19.2 Å². The summed E-state index contributed by atoms with van der Waals surface area (Å²) in [4.78, 5) is 51.5. The molecule has 0 aromatic heterocycles. The highest BCUT2D eigenvalue weighted by Crippen LogP contribution is 2.20. The maximum atomic E-state index is 13.2. The van der Waals surface area contributed by atoms with Crippen molar-refractivity contribution >= 4 is 23.8 Å². The number of urea groups is 1. The first-order valence-electron chi connectivity index (χ1n) is 10.5. The fraction of sp³-hybridized carbons (Fsp3) is 0.391. The number of carbonyl (C=O) groups is 4. The molecule has 1 fully saturated rings. The molecular formula is C23H31N5O4. The van der Waals surface area contributed by atoms with Gasteiger partial charge in [0.05, 0.1) is 6.04 Å². The summed E-state index contributed by atoms with van der Waals surface area (Å²) in [7, 11) is 0. The molecule has 5 amide bonds. The van der Waals surface area contributed by atoms with E-state index in [1.54, 1.807) is 13.8 Å². The van der Waals surface area contributed by atoms with E-state index >= 15 is 0 Å². The van der Waals surface area contributed by atoms with E-state index < -0.39 is 36.0 Å². The Hall–Kier alpha value is -3.62. The topological polar surface area (TPSA) is 134 Å². The zero-order chi connectivity index (χ0) is 23.7. The summed E-state index contributed by atoms with van der Waals surface area (Å²) in [5.41, 5.74) is 7.15. The quantitative estimate of drug-likeness (QED) is 0.330. The molecule has 3 atom stereocenters. The van der Waals surface area contributed by atoms with Crippen LogP contribution >= 0.6 is 0 Å². The van der Waals surface area contributed by atoms with E-state index in [0.29, 0.717) is 6.42 Å². The van der Waals surface area contributed by atoms with E-state index in [1.165, 1.54) is 17.1 Å². The second-order valence-corrected chi connectivity index (χ2v) is 7.89. The third-order valence-corrected chi connectivity index (χ3v) is 5.03. The Morgan fingerprint density at radius 2 is 1.91 bits per heavy atom. The summed E-state index contributed by atoms with van der Waals surface area (Å²) in [6, 6.07) is 6.13. The SMILES string of the molecule is C=CCNC(=O)NC1CCN(C(=O)C=C(C)C)C1C(=O)NC(Cc1ccccc1)C(N)=O. The lowest BCUT2D eigenvalue weighted by Crippen LogP contribution is -2.59. The Balaban J connectivity index is 2.22. The summed E-state index contributed by atoms with van der Waals surface area (Å²) in [6.45, 7) is 7.65. The van der Waals surface area contributed by atoms with Gasteiger partial charge in [0, 0.05) is 25.6 Å². The van der Waals surface area contributed by atoms with E-state index in [4.69, 9.17) is 5.73 Å². The Morgan fingerprint density at radius 1 is 1.22 bits per heavy atom. The van der Waals surface area contributed by atoms with Crippen molar-refractivity contribution in [2.24, 2.45) is 5.73 Å². The summed E-state index contributed by atoms with van der Waals surface area (Å²) in [6.07, 6.45) is 3.58. The number of allylic oxidation sites excluding steroid dienone is 1. The van der Waals surface area contributed by atoms with Gasteiger partial charge in [-0.25, -0.2) is 4.79 Å². The number of hydrogen-bond acceptors (Lipinski definition) is 4. The number of nitrogens with one attached hydrogen (secondary N) is 3. The number of nitrogens with zero attached hydrogens (tertiary/aromatic N) is 1. The van der Waals surface area contributed by atoms with Crippen LogP contribution in [0.1, 0.15) is 25.8 Å². The van der Waals surface area contributed by atoms with Crippen LogP contribution in [0.4, 0.5) is 4.79 Å². The number of carbonyl (C=O) groups excluding carboxylic acids is 4. The van der Waals surface area contributed by atoms with Gasteiger partial charge in [-0.3, -0.25) is 14.4 Å². The van der Waals surface area contributed by atoms with Gasteiger partial charge >= 0.3 is 6.03 Å². The molecule has 2 rings (SSSR count). The van der Waals surface area contributed by atoms with Crippen LogP contribution in [0.15, 0.2) is 54.6 Å². The molecule has 0 spiro atoms. The first-order chi connectivity index (χ1) is 15.2. The summed E-state index contributed by atoms with van der Waals surface area (Å²) in [5, 5.41) is 8.02. The lowest BCUT2D eigenvalue weighted by Gasteiger charge is -2.28. The standard InChI is InChI=1S/C23H31N5O4/c1-4-11-25-23(32)27-17-10-12-28(19(29)13-15(2)3)20(17)22(31)26-18(21(24)30)14-16-8-6-5-7-9-16/h4-9,13,17-18,20H,1,10-12,14H2,2-3H3,(H2,24,30)(H,26,31)(H2,25,27,32). The van der Waals surface area contributed by atoms with E-state index in [1.807, 2.05) is 30.3 Å². The van der Waals surface area contributed by atoms with Crippen LogP contribution in [-0.4, -0.2) is 59.9 Å². The van der Waals surface area contributed by atoms with Gasteiger partial charge in [-0.05, 0) is 25.8 Å². The van der Waals surface area contributed by atoms with Crippen LogP contribution in [0.25, 0.3) is 0 Å². The highest BCUT2D eigenvalue weighted by atomic mass is 16.2. The Morgan fingerprint density at radius 3 is 2.50 bits per heavy atom. The zero-order valence-electron chi connectivity index (χ0n) is 18.5. The van der Waals surface area contributed by atoms with E-state index in [2.05, 4.69) is 22.5 Å². The van der Waals surface area contributed by atoms with E-state index in [-0.39, 0.29) is 25.4 Å². The largest absolute Gasteiger partial charge is 0.368 e. The number of hydrogen-bond donors (Lipinski definition) is 4. The highest BCUT2D eigenvalue weighted by molar-refractivity contribution is 5.96. The van der Waals surface area contributed by atoms with Crippen molar-refractivity contribution in [3.05, 3.63) is 60.2 Å². The van der Waals surface area contributed by atoms with Crippen molar-refractivity contribution in [3.8, 4) is 0 Å². The van der Waals surface area contributed by atoms with Gasteiger partial charge in [0.25, 0.3) is 0 Å². The number of primary amides is 1. The first kappa shape index (κ1) is 24.6. The van der Waals surface area contributed by atoms with Crippen LogP contribution in [0.5, 0.6) is 0 Å². The maximum absolute atomic E-state index is 13.2. The predicted molar refractivity (Wildman–Crippen MR) is 121 cm³/mol. The second-order valence-electron chi connectivity index (χ2n) is 7.89. The van der Waals surface area contributed by atoms with Gasteiger partial charge in [0.15, 0.2) is 0 Å². The second kappa shape index (κ2) is 11.7. The lowest BCUT2D eigenvalue weighted by atomic mass is 10.0. The number of likely N-dealkylation sites (tertiary alicyclic amines) is 1. The maximum Gasteiger partial charge on any atom is 0.315 e. The van der Waals surface area contributed by atoms with Crippen LogP contribution < -0.4 is 21.7 Å². The smallest absolute Gasteiger partial charge is 0.315 e. The molecule has 0 aliphatic carbocycles. The fourth-order valence-corrected chi connectivity index (χ4v) is 3.56. The number of rotatable bonds is 9. The molecule has 0 radical (unpaired) electrons. The predicted octanol–water partition coefficient (Wildman–Crippen LogP) is 0.620. The van der Waals surface area contributed by atoms with Crippen molar-refractivity contribution in [2.75, 3.05) is 13.1 Å². The molecule has 0 bridgehead atoms. The number of nitrogens with two attached hydrogens (primary N) is 1. The third-order valence-electron chi connectivity index (χ3n) is 5.03. The summed E-state index contributed by atoms with van der Waals surface area (Å²) in [5.74, 6) is -1.57. The normalized spacial score (nSPS) is 18.2. The molecule has 0 saturated carbocycles. The van der Waals surface area contributed by atoms with Crippen molar-refractivity contribution in [1.29, 1.82) is 0 Å². The lowest BCUT2D eigenvalue weighted by molar-refractivity contribution is -0.137. The zero-order valence-corrected chi connectivity index (χ0v) is 18.5. The van der Waals surface area contributed by atoms with Crippen molar-refractivity contribution in [3.63, 3.8) is 0 Å². The monoisotopic (exact) mass is 441 g/mol. The van der Waals surface area contributed by atoms with Gasteiger partial charge in [-0.2, -0.15) is 0 Å². The molecule has 9 nitrogen and oxygen atoms in total. The average molecular weight is 442 g/mol. The molecule has 172 valence electrons. The highest BCUT2D eigenvalue weighted by Gasteiger charge is 2.43. The van der Waals surface area contributed by atoms with Crippen molar-refractivity contribution in [1.82, 2.24) is 20.9 Å². The molecule has 1 aliphatic heterocycles. The Kier molecular flexibility index (Phi) is 9.00. The summed E-state index contributed by atoms with van der Waals surface area (Å²) >= 11 is 0. The van der Waals surface area contributed by atoms with Crippen LogP contribution in [-0.2, 0) is 20.8 Å². The molecule has 1 heterocycles. The minimum atomic E-state index is -0.981. The van der Waals surface area contributed by atoms with Gasteiger partial charge < -0.3 is 26.6 Å². The average Bonchev–Trinajstić information content (AvgIpc) is 3.15. The van der Waals surface area contributed by atoms with Gasteiger partial charge in [-0.1, -0.05) is 42.0 Å². The van der Waals surface area contributed by atoms with Crippen molar-refractivity contribution in [2.45, 2.75) is 44.8 Å². The molecule has 9 heteroatoms. The number of amides is 5. The number of benzene rings is 1. The third kappa shape index (κ3) is 6.97. The van der Waals surface area contributed by atoms with Gasteiger partial charge in [0.2, 0.25) is 17.7 Å². The Labute approximate surface area is 188 Å². The van der Waals surface area contributed by atoms with Gasteiger partial charge in [0.1, 0.15) is 12.1 Å². The molecule has 1 saturated heterocycles. The van der Waals surface area contributed by atoms with Crippen LogP contribution in [0, 0.1) is 0 Å². The van der Waals surface area contributed by atoms with Crippen molar-refractivity contribution < 1.29 is 19.2 Å². The first-order valence-corrected chi connectivity index (χ1v) is 10.5. The minimum Gasteiger partial charge on any atom is -0.368 e. The molecule has 5 N–H and O–H groups in total. The molecule has 1 aromatic rings. The Bertz CT molecular complexity index is 880. The van der Waals surface area contributed by atoms with Crippen LogP contribution in [0.3, 0.4) is 0 Å². The van der Waals surface area contributed by atoms with E-state index in [0.717, 1.165) is 11.1 Å². The molecule has 1 aromatic carbocycles. The molecule has 3 unspecified atom stereocenters. The molecule has 32 heavy (non-hydrogen) atoms.